The molecule has 1 heterocycles. The lowest BCUT2D eigenvalue weighted by Gasteiger charge is -2.25. The van der Waals surface area contributed by atoms with Gasteiger partial charge in [-0.15, -0.1) is 0 Å². The van der Waals surface area contributed by atoms with Crippen molar-refractivity contribution >= 4 is 21.8 Å². The highest BCUT2D eigenvalue weighted by atomic mass is 79.9. The monoisotopic (exact) mass is 350 g/mol. The quantitative estimate of drug-likeness (QED) is 0.905. The van der Waals surface area contributed by atoms with E-state index in [2.05, 4.69) is 45.5 Å². The summed E-state index contributed by atoms with van der Waals surface area (Å²) in [6.07, 6.45) is 4.38. The van der Waals surface area contributed by atoms with E-state index in [1.807, 2.05) is 11.9 Å². The molecule has 0 aromatic heterocycles. The van der Waals surface area contributed by atoms with Crippen molar-refractivity contribution in [3.63, 3.8) is 0 Å². The zero-order valence-electron chi connectivity index (χ0n) is 12.6. The Labute approximate surface area is 135 Å². The second-order valence-corrected chi connectivity index (χ2v) is 7.42. The summed E-state index contributed by atoms with van der Waals surface area (Å²) < 4.78 is 1.10. The lowest BCUT2D eigenvalue weighted by atomic mass is 9.91. The maximum absolute atomic E-state index is 12.6. The van der Waals surface area contributed by atoms with Gasteiger partial charge in [0, 0.05) is 24.0 Å². The Morgan fingerprint density at radius 1 is 1.33 bits per heavy atom. The number of halogens is 1. The van der Waals surface area contributed by atoms with E-state index in [9.17, 15) is 4.79 Å². The Bertz CT molecular complexity index is 508. The second-order valence-electron chi connectivity index (χ2n) is 6.51. The van der Waals surface area contributed by atoms with E-state index in [-0.39, 0.29) is 5.92 Å². The number of hydrogen-bond acceptors (Lipinski definition) is 2. The number of carbonyl (C=O) groups is 1. The van der Waals surface area contributed by atoms with Crippen LogP contribution in [0.4, 0.5) is 0 Å². The van der Waals surface area contributed by atoms with Gasteiger partial charge in [0.25, 0.3) is 0 Å². The minimum Gasteiger partial charge on any atom is -0.345 e. The van der Waals surface area contributed by atoms with Crippen molar-refractivity contribution in [2.24, 2.45) is 11.3 Å². The van der Waals surface area contributed by atoms with Crippen molar-refractivity contribution in [1.82, 2.24) is 10.2 Å². The van der Waals surface area contributed by atoms with Crippen molar-refractivity contribution in [3.8, 4) is 0 Å². The third-order valence-electron chi connectivity index (χ3n) is 5.11. The molecule has 3 nitrogen and oxygen atoms in total. The molecule has 2 aliphatic rings. The van der Waals surface area contributed by atoms with Gasteiger partial charge in [-0.2, -0.15) is 0 Å². The van der Waals surface area contributed by atoms with Crippen molar-refractivity contribution < 1.29 is 4.79 Å². The summed E-state index contributed by atoms with van der Waals surface area (Å²) in [7, 11) is 1.95. The first-order valence-corrected chi connectivity index (χ1v) is 8.60. The van der Waals surface area contributed by atoms with Crippen LogP contribution in [0.2, 0.25) is 0 Å². The normalized spacial score (nSPS) is 23.0. The number of piperidine rings is 1. The van der Waals surface area contributed by atoms with Gasteiger partial charge in [0.15, 0.2) is 0 Å². The number of amides is 1. The molecule has 1 saturated carbocycles. The van der Waals surface area contributed by atoms with Crippen LogP contribution < -0.4 is 5.32 Å². The Morgan fingerprint density at radius 2 is 2.00 bits per heavy atom. The molecule has 4 heteroatoms. The van der Waals surface area contributed by atoms with Crippen LogP contribution in [0.1, 0.15) is 24.8 Å². The second kappa shape index (κ2) is 6.09. The Morgan fingerprint density at radius 3 is 2.67 bits per heavy atom. The molecule has 1 N–H and O–H groups in total. The average molecular weight is 351 g/mol. The van der Waals surface area contributed by atoms with Crippen LogP contribution in [0.5, 0.6) is 0 Å². The molecular formula is C17H23BrN2O. The highest BCUT2D eigenvalue weighted by Gasteiger charge is 2.58. The molecule has 1 aliphatic heterocycles. The first-order valence-electron chi connectivity index (χ1n) is 7.81. The molecule has 1 aromatic rings. The van der Waals surface area contributed by atoms with E-state index in [0.29, 0.717) is 11.3 Å². The fourth-order valence-electron chi connectivity index (χ4n) is 3.50. The van der Waals surface area contributed by atoms with Gasteiger partial charge in [0.2, 0.25) is 5.91 Å². The number of nitrogens with zero attached hydrogens (tertiary/aromatic N) is 1. The zero-order chi connectivity index (χ0) is 14.9. The van der Waals surface area contributed by atoms with E-state index in [0.717, 1.165) is 36.9 Å². The van der Waals surface area contributed by atoms with Gasteiger partial charge >= 0.3 is 0 Å². The van der Waals surface area contributed by atoms with Crippen molar-refractivity contribution in [3.05, 3.63) is 34.3 Å². The summed E-state index contributed by atoms with van der Waals surface area (Å²) in [5, 5.41) is 3.39. The molecule has 0 bridgehead atoms. The predicted octanol–water partition coefficient (Wildman–Crippen LogP) is 2.84. The zero-order valence-corrected chi connectivity index (χ0v) is 14.2. The third kappa shape index (κ3) is 3.32. The van der Waals surface area contributed by atoms with Crippen molar-refractivity contribution in [2.45, 2.75) is 25.7 Å². The number of nitrogens with one attached hydrogen (secondary N) is 1. The number of carbonyl (C=O) groups excluding carboxylic acids is 1. The van der Waals surface area contributed by atoms with Gasteiger partial charge in [-0.05, 0) is 61.9 Å². The lowest BCUT2D eigenvalue weighted by molar-refractivity contribution is -0.132. The summed E-state index contributed by atoms with van der Waals surface area (Å²) in [6.45, 7) is 2.96. The van der Waals surface area contributed by atoms with Crippen LogP contribution >= 0.6 is 15.9 Å². The van der Waals surface area contributed by atoms with Crippen LogP contribution in [-0.2, 0) is 11.2 Å². The van der Waals surface area contributed by atoms with Gasteiger partial charge in [-0.25, -0.2) is 0 Å². The Hall–Kier alpha value is -0.870. The van der Waals surface area contributed by atoms with Gasteiger partial charge in [0.05, 0.1) is 0 Å². The fourth-order valence-corrected chi connectivity index (χ4v) is 3.76. The molecule has 114 valence electrons. The smallest absolute Gasteiger partial charge is 0.226 e. The number of rotatable bonds is 4. The first-order chi connectivity index (χ1) is 10.1. The summed E-state index contributed by atoms with van der Waals surface area (Å²) in [4.78, 5) is 14.5. The van der Waals surface area contributed by atoms with E-state index in [4.69, 9.17) is 0 Å². The largest absolute Gasteiger partial charge is 0.345 e. The highest BCUT2D eigenvalue weighted by Crippen LogP contribution is 2.59. The van der Waals surface area contributed by atoms with E-state index < -0.39 is 0 Å². The molecule has 1 aromatic carbocycles. The van der Waals surface area contributed by atoms with Gasteiger partial charge in [0.1, 0.15) is 0 Å². The molecular weight excluding hydrogens is 328 g/mol. The fraction of sp³-hybridized carbons (Fsp3) is 0.588. The predicted molar refractivity (Wildman–Crippen MR) is 88.1 cm³/mol. The molecule has 1 unspecified atom stereocenters. The minimum atomic E-state index is 0.287. The average Bonchev–Trinajstić information content (AvgIpc) is 3.19. The first kappa shape index (κ1) is 15.0. The van der Waals surface area contributed by atoms with Crippen LogP contribution in [0.3, 0.4) is 0 Å². The molecule has 0 radical (unpaired) electrons. The van der Waals surface area contributed by atoms with E-state index in [1.54, 1.807) is 0 Å². The van der Waals surface area contributed by atoms with Crippen LogP contribution in [-0.4, -0.2) is 37.5 Å². The maximum Gasteiger partial charge on any atom is 0.226 e. The Balaban J connectivity index is 1.50. The molecule has 1 saturated heterocycles. The van der Waals surface area contributed by atoms with Crippen LogP contribution in [0.15, 0.2) is 28.7 Å². The molecule has 3 rings (SSSR count). The summed E-state index contributed by atoms with van der Waals surface area (Å²) in [5.41, 5.74) is 1.62. The molecule has 1 atom stereocenters. The van der Waals surface area contributed by atoms with Crippen molar-refractivity contribution in [2.75, 3.05) is 26.7 Å². The molecule has 1 spiro atoms. The van der Waals surface area contributed by atoms with E-state index >= 15 is 0 Å². The van der Waals surface area contributed by atoms with Gasteiger partial charge < -0.3 is 10.2 Å². The lowest BCUT2D eigenvalue weighted by Crippen LogP contribution is -2.35. The maximum atomic E-state index is 12.6. The number of likely N-dealkylation sites (N-methyl/N-ethyl adjacent to an activating group) is 1. The van der Waals surface area contributed by atoms with Gasteiger partial charge in [-0.1, -0.05) is 28.1 Å². The van der Waals surface area contributed by atoms with Crippen LogP contribution in [0, 0.1) is 11.3 Å². The molecule has 1 aliphatic carbocycles. The number of hydrogen-bond donors (Lipinski definition) is 1. The minimum absolute atomic E-state index is 0.287. The van der Waals surface area contributed by atoms with E-state index in [1.165, 1.54) is 18.4 Å². The van der Waals surface area contributed by atoms with Crippen molar-refractivity contribution in [1.29, 1.82) is 0 Å². The SMILES string of the molecule is CN(CCc1ccc(Br)cc1)C(=O)C1CC12CCNCC2. The molecule has 2 fully saturated rings. The number of benzene rings is 1. The molecule has 21 heavy (non-hydrogen) atoms. The van der Waals surface area contributed by atoms with Gasteiger partial charge in [-0.3, -0.25) is 4.79 Å². The highest BCUT2D eigenvalue weighted by molar-refractivity contribution is 9.10. The summed E-state index contributed by atoms with van der Waals surface area (Å²) in [5.74, 6) is 0.642. The topological polar surface area (TPSA) is 32.3 Å². The summed E-state index contributed by atoms with van der Waals surface area (Å²) >= 11 is 3.45. The third-order valence-corrected chi connectivity index (χ3v) is 5.64. The molecule has 1 amide bonds. The standard InChI is InChI=1S/C17H23BrN2O/c1-20(11-6-13-2-4-14(18)5-3-13)16(21)15-12-17(15)7-9-19-10-8-17/h2-5,15,19H,6-12H2,1H3. The Kier molecular flexibility index (Phi) is 4.36. The van der Waals surface area contributed by atoms with Crippen LogP contribution in [0.25, 0.3) is 0 Å². The summed E-state index contributed by atoms with van der Waals surface area (Å²) in [6, 6.07) is 8.35.